The van der Waals surface area contributed by atoms with E-state index in [4.69, 9.17) is 62.2 Å². The Kier molecular flexibility index (Phi) is 24.1. The van der Waals surface area contributed by atoms with Gasteiger partial charge in [-0.15, -0.1) is 0 Å². The molecule has 1 aliphatic rings. The van der Waals surface area contributed by atoms with Crippen LogP contribution < -0.4 is 10.3 Å². The smallest absolute Gasteiger partial charge is 0.397 e. The number of rotatable bonds is 29. The van der Waals surface area contributed by atoms with Crippen LogP contribution in [-0.4, -0.2) is 55.5 Å². The molecule has 4 aromatic rings. The summed E-state index contributed by atoms with van der Waals surface area (Å²) < 4.78 is 34.0. The number of nitriles is 1. The van der Waals surface area contributed by atoms with Gasteiger partial charge in [0.05, 0.1) is 53.9 Å². The molecule has 0 amide bonds. The topological polar surface area (TPSA) is 167 Å². The lowest BCUT2D eigenvalue weighted by atomic mass is 10.0. The van der Waals surface area contributed by atoms with Crippen LogP contribution in [0.25, 0.3) is 5.52 Å². The number of hydrogen-bond donors (Lipinski definition) is 3. The molecule has 3 heterocycles. The third-order valence-corrected chi connectivity index (χ3v) is 12.6. The van der Waals surface area contributed by atoms with Gasteiger partial charge in [0.1, 0.15) is 23.7 Å². The average Bonchev–Trinajstić information content (AvgIpc) is 3.87. The fourth-order valence-corrected chi connectivity index (χ4v) is 9.25. The number of ether oxygens (including phenoxy) is 2. The highest BCUT2D eigenvalue weighted by Gasteiger charge is 2.40. The molecule has 12 nitrogen and oxygen atoms in total. The molecule has 0 bridgehead atoms. The van der Waals surface area contributed by atoms with Crippen molar-refractivity contribution in [3.8, 4) is 11.8 Å². The number of para-hydroxylation sites is 1. The van der Waals surface area contributed by atoms with E-state index >= 15 is 0 Å². The maximum atomic E-state index is 9.50. The van der Waals surface area contributed by atoms with E-state index in [-0.39, 0.29) is 25.4 Å². The third-order valence-electron chi connectivity index (χ3n) is 11.0. The van der Waals surface area contributed by atoms with Crippen molar-refractivity contribution < 1.29 is 33.3 Å². The van der Waals surface area contributed by atoms with Crippen LogP contribution in [0, 0.1) is 11.3 Å². The summed E-state index contributed by atoms with van der Waals surface area (Å²) in [4.78, 5) is 4.11. The minimum Gasteiger partial charge on any atom is -0.425 e. The Morgan fingerprint density at radius 2 is 1.55 bits per heavy atom. The molecule has 3 unspecified atom stereocenters. The first-order chi connectivity index (χ1) is 30.8. The number of hydrogen-bond acceptors (Lipinski definition) is 11. The van der Waals surface area contributed by atoms with Crippen molar-refractivity contribution in [3.63, 3.8) is 0 Å². The predicted molar refractivity (Wildman–Crippen MR) is 257 cm³/mol. The second-order valence-corrected chi connectivity index (χ2v) is 19.6. The van der Waals surface area contributed by atoms with Gasteiger partial charge in [0.25, 0.3) is 0 Å². The second kappa shape index (κ2) is 28.8. The van der Waals surface area contributed by atoms with Crippen LogP contribution in [0.3, 0.4) is 0 Å². The lowest BCUT2D eigenvalue weighted by Gasteiger charge is -2.27. The maximum absolute atomic E-state index is 9.50. The van der Waals surface area contributed by atoms with E-state index in [1.807, 2.05) is 43.3 Å². The van der Waals surface area contributed by atoms with E-state index in [9.17, 15) is 5.26 Å². The van der Waals surface area contributed by atoms with Crippen molar-refractivity contribution in [1.29, 1.82) is 5.26 Å². The van der Waals surface area contributed by atoms with Gasteiger partial charge in [-0.25, -0.2) is 9.50 Å². The molecule has 1 aliphatic heterocycles. The van der Waals surface area contributed by atoms with Gasteiger partial charge in [-0.3, -0.25) is 9.05 Å². The first kappa shape index (κ1) is 53.5. The molecule has 2 aromatic carbocycles. The fraction of sp³-hybridized carbons (Fsp3) is 0.612. The highest BCUT2D eigenvalue weighted by Crippen LogP contribution is 2.47. The first-order valence-corrected chi connectivity index (χ1v) is 25.1. The molecule has 2 aromatic heterocycles. The molecule has 4 atom stereocenters. The molecule has 0 saturated carbocycles. The largest absolute Gasteiger partial charge is 0.425 e. The Balaban J connectivity index is 0.00000170. The van der Waals surface area contributed by atoms with E-state index in [1.54, 1.807) is 22.7 Å². The van der Waals surface area contributed by atoms with Crippen LogP contribution in [-0.2, 0) is 25.1 Å². The summed E-state index contributed by atoms with van der Waals surface area (Å²) in [5, 5.41) is 31.0. The first-order valence-electron chi connectivity index (χ1n) is 23.3. The molecular weight excluding hydrogens is 872 g/mol. The van der Waals surface area contributed by atoms with Gasteiger partial charge in [0.15, 0.2) is 11.6 Å². The van der Waals surface area contributed by atoms with Gasteiger partial charge < -0.3 is 29.9 Å². The van der Waals surface area contributed by atoms with E-state index in [0.717, 1.165) is 48.9 Å². The maximum Gasteiger partial charge on any atom is 0.397 e. The number of halogens is 2. The predicted octanol–water partition coefficient (Wildman–Crippen LogP) is 13.4. The normalized spacial score (nSPS) is 17.2. The van der Waals surface area contributed by atoms with Crippen molar-refractivity contribution in [1.82, 2.24) is 14.6 Å². The molecular formula is C49H72Cl2N5O7P. The number of unbranched alkanes of at least 4 members (excludes halogenated alkanes) is 15. The van der Waals surface area contributed by atoms with Crippen LogP contribution in [0.2, 0.25) is 10.0 Å². The van der Waals surface area contributed by atoms with Gasteiger partial charge in [-0.05, 0) is 88.1 Å². The van der Waals surface area contributed by atoms with Gasteiger partial charge in [-0.1, -0.05) is 145 Å². The molecule has 1 fully saturated rings. The molecule has 0 spiro atoms. The fourth-order valence-electron chi connectivity index (χ4n) is 7.60. The zero-order valence-electron chi connectivity index (χ0n) is 38.5. The van der Waals surface area contributed by atoms with E-state index in [2.05, 4.69) is 23.1 Å². The molecule has 354 valence electrons. The molecule has 64 heavy (non-hydrogen) atoms. The van der Waals surface area contributed by atoms with Crippen molar-refractivity contribution in [2.75, 3.05) is 18.9 Å². The van der Waals surface area contributed by atoms with Gasteiger partial charge in [0.2, 0.25) is 0 Å². The van der Waals surface area contributed by atoms with Crippen molar-refractivity contribution in [3.05, 3.63) is 87.8 Å². The summed E-state index contributed by atoms with van der Waals surface area (Å²) in [6.07, 6.45) is 24.4. The summed E-state index contributed by atoms with van der Waals surface area (Å²) >= 11 is 12.8. The number of nitrogen functional groups attached to an aromatic ring is 1. The SMILES string of the molecule is CC(C)(O)O.CCCCCCCCCCCCCCCCCCC(COP(OC[C@]1(C)CCC(c2ccc3c(N)ncnn23)O1)Oc1ccccc1Cl)OCc1cc(Cl)cc(C#N)c1. The summed E-state index contributed by atoms with van der Waals surface area (Å²) in [6.45, 7) is 7.70. The van der Waals surface area contributed by atoms with Crippen molar-refractivity contribution in [2.24, 2.45) is 0 Å². The molecule has 4 N–H and O–H groups in total. The van der Waals surface area contributed by atoms with Crippen LogP contribution >= 0.6 is 31.8 Å². The Labute approximate surface area is 393 Å². The lowest BCUT2D eigenvalue weighted by molar-refractivity contribution is -0.127. The second-order valence-electron chi connectivity index (χ2n) is 17.6. The summed E-state index contributed by atoms with van der Waals surface area (Å²) in [5.74, 6) is -0.600. The quantitative estimate of drug-likeness (QED) is 0.0269. The van der Waals surface area contributed by atoms with Gasteiger partial charge in [-0.2, -0.15) is 10.4 Å². The molecule has 1 saturated heterocycles. The number of nitrogens with zero attached hydrogens (tertiary/aromatic N) is 4. The van der Waals surface area contributed by atoms with Crippen LogP contribution in [0.5, 0.6) is 5.75 Å². The Morgan fingerprint density at radius 1 is 0.922 bits per heavy atom. The average molecular weight is 945 g/mol. The lowest BCUT2D eigenvalue weighted by Crippen LogP contribution is -2.30. The van der Waals surface area contributed by atoms with E-state index < -0.39 is 20.0 Å². The van der Waals surface area contributed by atoms with Crippen LogP contribution in [0.4, 0.5) is 5.82 Å². The minimum atomic E-state index is -1.89. The van der Waals surface area contributed by atoms with E-state index in [1.165, 1.54) is 110 Å². The third kappa shape index (κ3) is 20.6. The molecule has 15 heteroatoms. The number of aromatic nitrogens is 3. The highest BCUT2D eigenvalue weighted by atomic mass is 35.5. The number of benzene rings is 2. The van der Waals surface area contributed by atoms with Crippen LogP contribution in [0.15, 0.2) is 60.9 Å². The standard InChI is InChI=1S/C46H64Cl2N5O5P.C3H8O2/c1-3-4-5-6-7-8-9-10-11-12-13-14-15-16-17-18-21-39(54-32-37-28-36(31-49)29-38(47)30-37)33-55-59(58-43-23-20-19-22-40(43)48)56-34-46(2)27-26-44(57-46)41-24-25-42-45(50)51-35-52-53(41)42;1-3(2,4)5/h19-20,22-25,28-30,35,39,44H,3-18,21,26-27,32-34H2,1-2H3,(H2,50,51,52);4-5H,1-2H3/t39?,44?,46-,59?;/m0./s1. The number of nitrogens with two attached hydrogens (primary N) is 1. The molecule has 0 aliphatic carbocycles. The zero-order chi connectivity index (χ0) is 46.2. The summed E-state index contributed by atoms with van der Waals surface area (Å²) in [5.41, 5.74) is 8.48. The zero-order valence-corrected chi connectivity index (χ0v) is 40.9. The summed E-state index contributed by atoms with van der Waals surface area (Å²) in [6, 6.07) is 18.7. The van der Waals surface area contributed by atoms with Crippen molar-refractivity contribution >= 4 is 43.1 Å². The van der Waals surface area contributed by atoms with Gasteiger partial charge >= 0.3 is 8.60 Å². The van der Waals surface area contributed by atoms with Gasteiger partial charge in [0, 0.05) is 5.02 Å². The number of aliphatic hydroxyl groups is 2. The molecule has 0 radical (unpaired) electrons. The minimum absolute atomic E-state index is 0.192. The molecule has 5 rings (SSSR count). The number of fused-ring (bicyclic) bond motifs is 1. The Morgan fingerprint density at radius 3 is 2.17 bits per heavy atom. The monoisotopic (exact) mass is 943 g/mol. The van der Waals surface area contributed by atoms with Crippen LogP contribution in [0.1, 0.15) is 173 Å². The van der Waals surface area contributed by atoms with Crippen molar-refractivity contribution in [2.45, 2.75) is 180 Å². The Bertz CT molecular complexity index is 1970. The van der Waals surface area contributed by atoms with E-state index in [0.29, 0.717) is 33.8 Å². The summed E-state index contributed by atoms with van der Waals surface area (Å²) in [7, 11) is -1.89. The Hall–Kier alpha value is -3.08. The highest BCUT2D eigenvalue weighted by molar-refractivity contribution is 7.42. The number of anilines is 1.